The Hall–Kier alpha value is -4.09. The number of carbonyl (C=O) groups is 3. The molecule has 1 spiro atoms. The number of aliphatic hydroxyl groups excluding tert-OH is 1. The number of aliphatic imine (C=N–C) groups is 2. The molecule has 4 aliphatic rings. The van der Waals surface area contributed by atoms with E-state index in [9.17, 15) is 45.8 Å². The minimum atomic E-state index is -5.17. The monoisotopic (exact) mass is 576 g/mol. The summed E-state index contributed by atoms with van der Waals surface area (Å²) in [6.07, 6.45) is -11.9. The molecule has 12 nitrogen and oxygen atoms in total. The van der Waals surface area contributed by atoms with E-state index in [1.807, 2.05) is 0 Å². The van der Waals surface area contributed by atoms with Crippen LogP contribution in [0.4, 0.5) is 26.3 Å². The largest absolute Gasteiger partial charge is 0.416 e. The maximum absolute atomic E-state index is 13.3. The van der Waals surface area contributed by atoms with E-state index in [0.717, 1.165) is 4.90 Å². The van der Waals surface area contributed by atoms with E-state index in [1.165, 1.54) is 4.90 Å². The van der Waals surface area contributed by atoms with E-state index in [2.05, 4.69) is 20.6 Å². The minimum absolute atomic E-state index is 0.0126. The van der Waals surface area contributed by atoms with E-state index in [-0.39, 0.29) is 56.0 Å². The number of halogens is 6. The van der Waals surface area contributed by atoms with Gasteiger partial charge in [0.25, 0.3) is 5.91 Å². The van der Waals surface area contributed by atoms with Gasteiger partial charge in [0.05, 0.1) is 29.8 Å². The van der Waals surface area contributed by atoms with Crippen LogP contribution in [0.3, 0.4) is 0 Å². The SMILES string of the molecule is NC1=NC2[C@H](CN3C(=O)CCC3=O)N=C(N)N3C[C@H](NC(=O)c4cc(C(F)(F)F)cc(C(F)(F)F)c4)[C@@H](O)C23N1. The highest BCUT2D eigenvalue weighted by Gasteiger charge is 2.66. The zero-order valence-corrected chi connectivity index (χ0v) is 20.3. The molecule has 5 atom stereocenters. The predicted octanol–water partition coefficient (Wildman–Crippen LogP) is -0.672. The molecule has 0 saturated carbocycles. The average Bonchev–Trinajstić information content (AvgIpc) is 3.47. The topological polar surface area (TPSA) is 179 Å². The van der Waals surface area contributed by atoms with Gasteiger partial charge in [0.15, 0.2) is 17.6 Å². The number of hydrogen-bond acceptors (Lipinski definition) is 10. The molecule has 4 heterocycles. The Labute approximate surface area is 221 Å². The first-order valence-electron chi connectivity index (χ1n) is 11.9. The molecule has 4 aliphatic heterocycles. The number of nitrogens with zero attached hydrogens (tertiary/aromatic N) is 4. The lowest BCUT2D eigenvalue weighted by atomic mass is 9.87. The number of nitrogens with two attached hydrogens (primary N) is 2. The Morgan fingerprint density at radius 3 is 2.17 bits per heavy atom. The highest BCUT2D eigenvalue weighted by atomic mass is 19.4. The molecule has 3 amide bonds. The molecule has 2 fully saturated rings. The van der Waals surface area contributed by atoms with Gasteiger partial charge in [-0.05, 0) is 18.2 Å². The summed E-state index contributed by atoms with van der Waals surface area (Å²) >= 11 is 0. The summed E-state index contributed by atoms with van der Waals surface area (Å²) in [5, 5.41) is 16.4. The number of nitrogens with one attached hydrogen (secondary N) is 2. The van der Waals surface area contributed by atoms with E-state index in [0.29, 0.717) is 0 Å². The number of benzene rings is 1. The van der Waals surface area contributed by atoms with E-state index >= 15 is 0 Å². The second kappa shape index (κ2) is 8.97. The van der Waals surface area contributed by atoms with E-state index in [4.69, 9.17) is 11.5 Å². The van der Waals surface area contributed by atoms with Crippen LogP contribution in [-0.4, -0.2) is 87.5 Å². The fourth-order valence-electron chi connectivity index (χ4n) is 5.54. The number of aliphatic hydroxyl groups is 1. The van der Waals surface area contributed by atoms with Gasteiger partial charge in [-0.3, -0.25) is 19.3 Å². The molecular formula is C22H22F6N8O4. The highest BCUT2D eigenvalue weighted by Crippen LogP contribution is 2.41. The van der Waals surface area contributed by atoms with Crippen molar-refractivity contribution >= 4 is 29.6 Å². The third-order valence-electron chi connectivity index (χ3n) is 7.35. The smallest absolute Gasteiger partial charge is 0.386 e. The molecule has 0 radical (unpaired) electrons. The molecule has 40 heavy (non-hydrogen) atoms. The van der Waals surface area contributed by atoms with Crippen LogP contribution in [-0.2, 0) is 21.9 Å². The first kappa shape index (κ1) is 27.5. The van der Waals surface area contributed by atoms with Crippen LogP contribution in [0.25, 0.3) is 0 Å². The zero-order valence-electron chi connectivity index (χ0n) is 20.3. The molecule has 0 aliphatic carbocycles. The van der Waals surface area contributed by atoms with Crippen LogP contribution >= 0.6 is 0 Å². The number of likely N-dealkylation sites (tertiary alicyclic amines) is 1. The fraction of sp³-hybridized carbons (Fsp3) is 0.500. The number of hydrogen-bond donors (Lipinski definition) is 5. The fourth-order valence-corrected chi connectivity index (χ4v) is 5.54. The number of amides is 3. The second-order valence-corrected chi connectivity index (χ2v) is 9.79. The highest BCUT2D eigenvalue weighted by molar-refractivity contribution is 6.02. The molecule has 1 aromatic rings. The maximum Gasteiger partial charge on any atom is 0.416 e. The van der Waals surface area contributed by atoms with E-state index < -0.39 is 76.7 Å². The molecule has 18 heteroatoms. The number of rotatable bonds is 4. The van der Waals surface area contributed by atoms with Crippen molar-refractivity contribution in [3.05, 3.63) is 34.9 Å². The standard InChI is InChI=1S/C22H22F6N8O4/c23-21(24,25)9-3-8(4-10(5-9)22(26,27)28)17(40)31-12-7-36-19(30)32-11(6-35-13(37)1-2-14(35)38)15-20(36,16(12)39)34-18(29)33-15/h3-5,11-12,15-16,39H,1-2,6-7H2,(H2,30,32)(H,31,40)(H3,29,33,34)/t11-,12-,15?,16+,20?/m0/s1. The molecule has 1 aromatic carbocycles. The lowest BCUT2D eigenvalue weighted by Gasteiger charge is -2.46. The maximum atomic E-state index is 13.3. The zero-order chi connectivity index (χ0) is 29.4. The van der Waals surface area contributed by atoms with Crippen LogP contribution < -0.4 is 22.1 Å². The Bertz CT molecular complexity index is 1300. The lowest BCUT2D eigenvalue weighted by molar-refractivity contribution is -0.143. The summed E-state index contributed by atoms with van der Waals surface area (Å²) < 4.78 is 79.6. The normalized spacial score (nSPS) is 30.1. The number of imide groups is 1. The van der Waals surface area contributed by atoms with Crippen molar-refractivity contribution in [1.82, 2.24) is 20.4 Å². The van der Waals surface area contributed by atoms with Gasteiger partial charge in [-0.1, -0.05) is 0 Å². The average molecular weight is 576 g/mol. The van der Waals surface area contributed by atoms with Gasteiger partial charge in [-0.15, -0.1) is 0 Å². The van der Waals surface area contributed by atoms with Gasteiger partial charge in [0, 0.05) is 24.9 Å². The van der Waals surface area contributed by atoms with Gasteiger partial charge in [-0.25, -0.2) is 9.98 Å². The molecular weight excluding hydrogens is 554 g/mol. The number of alkyl halides is 6. The molecule has 2 saturated heterocycles. The third-order valence-corrected chi connectivity index (χ3v) is 7.35. The Balaban J connectivity index is 1.43. The van der Waals surface area contributed by atoms with Crippen molar-refractivity contribution in [1.29, 1.82) is 0 Å². The van der Waals surface area contributed by atoms with Crippen LogP contribution in [0.15, 0.2) is 28.2 Å². The minimum Gasteiger partial charge on any atom is -0.386 e. The summed E-state index contributed by atoms with van der Waals surface area (Å²) in [6.45, 7) is -0.515. The molecule has 0 aromatic heterocycles. The summed E-state index contributed by atoms with van der Waals surface area (Å²) in [5.41, 5.74) is 6.08. The van der Waals surface area contributed by atoms with Gasteiger partial charge >= 0.3 is 12.4 Å². The van der Waals surface area contributed by atoms with Crippen LogP contribution in [0.2, 0.25) is 0 Å². The van der Waals surface area contributed by atoms with Gasteiger partial charge in [-0.2, -0.15) is 26.3 Å². The summed E-state index contributed by atoms with van der Waals surface area (Å²) in [4.78, 5) is 48.1. The van der Waals surface area contributed by atoms with E-state index in [1.54, 1.807) is 0 Å². The molecule has 0 bridgehead atoms. The summed E-state index contributed by atoms with van der Waals surface area (Å²) in [6, 6.07) is -2.87. The lowest BCUT2D eigenvalue weighted by Crippen LogP contribution is -2.73. The predicted molar refractivity (Wildman–Crippen MR) is 123 cm³/mol. The van der Waals surface area contributed by atoms with Crippen LogP contribution in [0.1, 0.15) is 34.3 Å². The van der Waals surface area contributed by atoms with Gasteiger partial charge < -0.3 is 32.1 Å². The summed E-state index contributed by atoms with van der Waals surface area (Å²) in [7, 11) is 0. The molecule has 5 rings (SSSR count). The first-order chi connectivity index (χ1) is 18.5. The van der Waals surface area contributed by atoms with Crippen molar-refractivity contribution in [2.24, 2.45) is 21.5 Å². The third kappa shape index (κ3) is 4.35. The Morgan fingerprint density at radius 1 is 1.05 bits per heavy atom. The number of guanidine groups is 2. The number of carbonyl (C=O) groups excluding carboxylic acids is 3. The Kier molecular flexibility index (Phi) is 6.16. The van der Waals surface area contributed by atoms with Crippen molar-refractivity contribution in [3.63, 3.8) is 0 Å². The Morgan fingerprint density at radius 2 is 1.62 bits per heavy atom. The van der Waals surface area contributed by atoms with Crippen molar-refractivity contribution in [2.45, 2.75) is 55.1 Å². The van der Waals surface area contributed by atoms with Crippen molar-refractivity contribution in [2.75, 3.05) is 13.1 Å². The molecule has 216 valence electrons. The first-order valence-corrected chi connectivity index (χ1v) is 11.9. The van der Waals surface area contributed by atoms with Crippen LogP contribution in [0, 0.1) is 0 Å². The molecule has 2 unspecified atom stereocenters. The second-order valence-electron chi connectivity index (χ2n) is 9.79. The van der Waals surface area contributed by atoms with Crippen molar-refractivity contribution < 1.29 is 45.8 Å². The van der Waals surface area contributed by atoms with Crippen molar-refractivity contribution in [3.8, 4) is 0 Å². The van der Waals surface area contributed by atoms with Gasteiger partial charge in [0.1, 0.15) is 12.1 Å². The summed E-state index contributed by atoms with van der Waals surface area (Å²) in [5.74, 6) is -2.54. The van der Waals surface area contributed by atoms with Crippen LogP contribution in [0.5, 0.6) is 0 Å². The quantitative estimate of drug-likeness (QED) is 0.231. The molecule has 7 N–H and O–H groups in total. The van der Waals surface area contributed by atoms with Gasteiger partial charge in [0.2, 0.25) is 11.8 Å².